The summed E-state index contributed by atoms with van der Waals surface area (Å²) in [6.45, 7) is 8.53. The molecule has 0 saturated carbocycles. The third kappa shape index (κ3) is 3.58. The molecule has 1 aromatic rings. The van der Waals surface area contributed by atoms with Crippen LogP contribution in [0.1, 0.15) is 38.3 Å². The van der Waals surface area contributed by atoms with Crippen LogP contribution in [0.15, 0.2) is 24.4 Å². The second kappa shape index (κ2) is 6.68. The van der Waals surface area contributed by atoms with Crippen molar-refractivity contribution in [3.63, 3.8) is 0 Å². The summed E-state index contributed by atoms with van der Waals surface area (Å²) in [4.78, 5) is 9.76. The van der Waals surface area contributed by atoms with Crippen molar-refractivity contribution < 1.29 is 0 Å². The van der Waals surface area contributed by atoms with E-state index in [2.05, 4.69) is 33.8 Å². The van der Waals surface area contributed by atoms with Crippen LogP contribution in [-0.4, -0.2) is 47.0 Å². The van der Waals surface area contributed by atoms with Gasteiger partial charge in [0.15, 0.2) is 0 Å². The Morgan fingerprint density at radius 2 is 2.00 bits per heavy atom. The Kier molecular flexibility index (Phi) is 4.69. The topological polar surface area (TPSA) is 19.4 Å². The number of aromatic nitrogens is 1. The van der Waals surface area contributed by atoms with Crippen molar-refractivity contribution in [1.82, 2.24) is 14.8 Å². The van der Waals surface area contributed by atoms with Crippen LogP contribution in [0.2, 0.25) is 0 Å². The van der Waals surface area contributed by atoms with E-state index < -0.39 is 0 Å². The van der Waals surface area contributed by atoms with Crippen LogP contribution in [0.3, 0.4) is 0 Å². The maximum atomic E-state index is 4.44. The average Bonchev–Trinajstić information content (AvgIpc) is 2.49. The van der Waals surface area contributed by atoms with E-state index in [0.29, 0.717) is 0 Å². The van der Waals surface area contributed by atoms with Crippen LogP contribution in [0.5, 0.6) is 0 Å². The van der Waals surface area contributed by atoms with E-state index in [1.54, 1.807) is 0 Å². The first-order valence-corrected chi connectivity index (χ1v) is 8.17. The quantitative estimate of drug-likeness (QED) is 0.844. The molecule has 110 valence electrons. The van der Waals surface area contributed by atoms with Gasteiger partial charge in [0.25, 0.3) is 0 Å². The molecule has 0 spiro atoms. The molecule has 3 nitrogen and oxygen atoms in total. The zero-order valence-corrected chi connectivity index (χ0v) is 12.7. The Hall–Kier alpha value is -0.930. The van der Waals surface area contributed by atoms with Gasteiger partial charge in [-0.05, 0) is 50.3 Å². The molecule has 20 heavy (non-hydrogen) atoms. The van der Waals surface area contributed by atoms with E-state index in [0.717, 1.165) is 18.5 Å². The first-order valence-electron chi connectivity index (χ1n) is 8.17. The highest BCUT2D eigenvalue weighted by Crippen LogP contribution is 2.23. The van der Waals surface area contributed by atoms with Crippen molar-refractivity contribution >= 4 is 0 Å². The molecule has 0 radical (unpaired) electrons. The summed E-state index contributed by atoms with van der Waals surface area (Å²) in [7, 11) is 0. The van der Waals surface area contributed by atoms with Crippen molar-refractivity contribution in [2.45, 2.75) is 45.2 Å². The predicted molar refractivity (Wildman–Crippen MR) is 82.5 cm³/mol. The Balaban J connectivity index is 1.47. The molecule has 1 atom stereocenters. The molecule has 0 bridgehead atoms. The number of likely N-dealkylation sites (tertiary alicyclic amines) is 2. The van der Waals surface area contributed by atoms with E-state index >= 15 is 0 Å². The molecule has 0 aromatic carbocycles. The van der Waals surface area contributed by atoms with Crippen molar-refractivity contribution in [1.29, 1.82) is 0 Å². The molecule has 1 aromatic heterocycles. The Bertz CT molecular complexity index is 398. The van der Waals surface area contributed by atoms with Crippen molar-refractivity contribution in [2.75, 3.05) is 26.2 Å². The minimum absolute atomic E-state index is 0.831. The van der Waals surface area contributed by atoms with Crippen LogP contribution in [0, 0.1) is 5.92 Å². The Labute approximate surface area is 123 Å². The van der Waals surface area contributed by atoms with Crippen molar-refractivity contribution in [3.8, 4) is 0 Å². The molecule has 0 unspecified atom stereocenters. The second-order valence-corrected chi connectivity index (χ2v) is 6.57. The van der Waals surface area contributed by atoms with Crippen LogP contribution in [-0.2, 0) is 6.54 Å². The zero-order valence-electron chi connectivity index (χ0n) is 12.7. The van der Waals surface area contributed by atoms with Crippen LogP contribution in [0.4, 0.5) is 0 Å². The number of pyridine rings is 1. The molecule has 3 heterocycles. The molecule has 0 amide bonds. The molecule has 3 rings (SSSR count). The van der Waals surface area contributed by atoms with Gasteiger partial charge in [0.2, 0.25) is 0 Å². The van der Waals surface area contributed by atoms with E-state index in [4.69, 9.17) is 0 Å². The Morgan fingerprint density at radius 3 is 2.70 bits per heavy atom. The fourth-order valence-corrected chi connectivity index (χ4v) is 3.72. The summed E-state index contributed by atoms with van der Waals surface area (Å²) in [6, 6.07) is 7.05. The van der Waals surface area contributed by atoms with E-state index in [1.807, 2.05) is 12.3 Å². The second-order valence-electron chi connectivity index (χ2n) is 6.57. The molecule has 3 heteroatoms. The van der Waals surface area contributed by atoms with Crippen LogP contribution >= 0.6 is 0 Å². The maximum Gasteiger partial charge on any atom is 0.0543 e. The number of piperidine rings is 2. The van der Waals surface area contributed by atoms with Gasteiger partial charge < -0.3 is 4.90 Å². The molecular formula is C17H27N3. The van der Waals surface area contributed by atoms with Crippen molar-refractivity contribution in [3.05, 3.63) is 30.1 Å². The summed E-state index contributed by atoms with van der Waals surface area (Å²) in [5.74, 6) is 0.898. The maximum absolute atomic E-state index is 4.44. The number of nitrogens with zero attached hydrogens (tertiary/aromatic N) is 3. The number of rotatable bonds is 3. The third-order valence-electron chi connectivity index (χ3n) is 4.87. The molecular weight excluding hydrogens is 246 g/mol. The predicted octanol–water partition coefficient (Wildman–Crippen LogP) is 2.78. The van der Waals surface area contributed by atoms with Gasteiger partial charge in [-0.15, -0.1) is 0 Å². The lowest BCUT2D eigenvalue weighted by molar-refractivity contribution is 0.0725. The highest BCUT2D eigenvalue weighted by Gasteiger charge is 2.27. The highest BCUT2D eigenvalue weighted by molar-refractivity contribution is 5.03. The van der Waals surface area contributed by atoms with E-state index in [-0.39, 0.29) is 0 Å². The normalized spacial score (nSPS) is 26.8. The molecule has 2 fully saturated rings. The lowest BCUT2D eigenvalue weighted by atomic mass is 9.95. The molecule has 0 aliphatic carbocycles. The summed E-state index contributed by atoms with van der Waals surface area (Å²) < 4.78 is 0. The van der Waals surface area contributed by atoms with Crippen molar-refractivity contribution in [2.24, 2.45) is 5.92 Å². The lowest BCUT2D eigenvalue weighted by Gasteiger charge is -2.41. The standard InChI is InChI=1S/C17H27N3/c1-15-5-4-10-20(13-15)17-7-11-19(12-8-17)14-16-6-2-3-9-18-16/h2-3,6,9,15,17H,4-5,7-8,10-14H2,1H3/t15-/m0/s1. The minimum atomic E-state index is 0.831. The largest absolute Gasteiger partial charge is 0.300 e. The van der Waals surface area contributed by atoms with Gasteiger partial charge in [-0.2, -0.15) is 0 Å². The lowest BCUT2D eigenvalue weighted by Crippen LogP contribution is -2.48. The average molecular weight is 273 g/mol. The van der Waals surface area contributed by atoms with Gasteiger partial charge in [-0.25, -0.2) is 0 Å². The van der Waals surface area contributed by atoms with Gasteiger partial charge in [0.05, 0.1) is 5.69 Å². The number of hydrogen-bond acceptors (Lipinski definition) is 3. The third-order valence-corrected chi connectivity index (χ3v) is 4.87. The van der Waals surface area contributed by atoms with Gasteiger partial charge in [0, 0.05) is 38.4 Å². The summed E-state index contributed by atoms with van der Waals surface area (Å²) in [5, 5.41) is 0. The first kappa shape index (κ1) is 14.0. The summed E-state index contributed by atoms with van der Waals surface area (Å²) >= 11 is 0. The highest BCUT2D eigenvalue weighted by atomic mass is 15.2. The van der Waals surface area contributed by atoms with Gasteiger partial charge in [-0.3, -0.25) is 9.88 Å². The Morgan fingerprint density at radius 1 is 1.15 bits per heavy atom. The van der Waals surface area contributed by atoms with Crippen LogP contribution < -0.4 is 0 Å². The van der Waals surface area contributed by atoms with Gasteiger partial charge >= 0.3 is 0 Å². The monoisotopic (exact) mass is 273 g/mol. The first-order chi connectivity index (χ1) is 9.81. The van der Waals surface area contributed by atoms with E-state index in [1.165, 1.54) is 57.6 Å². The summed E-state index contributed by atoms with van der Waals surface area (Å²) in [6.07, 6.45) is 7.39. The SMILES string of the molecule is C[C@H]1CCCN(C2CCN(Cc3ccccn3)CC2)C1. The summed E-state index contributed by atoms with van der Waals surface area (Å²) in [5.41, 5.74) is 1.21. The minimum Gasteiger partial charge on any atom is -0.300 e. The smallest absolute Gasteiger partial charge is 0.0543 e. The fourth-order valence-electron chi connectivity index (χ4n) is 3.72. The van der Waals surface area contributed by atoms with Crippen LogP contribution in [0.25, 0.3) is 0 Å². The van der Waals surface area contributed by atoms with Gasteiger partial charge in [0.1, 0.15) is 0 Å². The van der Waals surface area contributed by atoms with Gasteiger partial charge in [-0.1, -0.05) is 13.0 Å². The molecule has 2 aliphatic rings. The molecule has 2 aliphatic heterocycles. The zero-order chi connectivity index (χ0) is 13.8. The molecule has 0 N–H and O–H groups in total. The molecule has 2 saturated heterocycles. The van der Waals surface area contributed by atoms with E-state index in [9.17, 15) is 0 Å². The fraction of sp³-hybridized carbons (Fsp3) is 0.706. The number of hydrogen-bond donors (Lipinski definition) is 0.